The number of unbranched alkanes of at least 4 members (excludes halogenated alkanes) is 26. The quantitative estimate of drug-likeness (QED) is 0.0367. The van der Waals surface area contributed by atoms with Crippen molar-refractivity contribution in [3.8, 4) is 0 Å². The van der Waals surface area contributed by atoms with E-state index in [1.165, 1.54) is 153 Å². The molecule has 0 aliphatic heterocycles. The average Bonchev–Trinajstić information content (AvgIpc) is 3.06. The Labute approximate surface area is 316 Å². The number of phosphoric ester groups is 1. The van der Waals surface area contributed by atoms with E-state index in [4.69, 9.17) is 19.5 Å². The molecule has 0 aliphatic carbocycles. The van der Waals surface area contributed by atoms with E-state index < -0.39 is 20.0 Å². The van der Waals surface area contributed by atoms with Crippen molar-refractivity contribution in [2.75, 3.05) is 60.6 Å². The van der Waals surface area contributed by atoms with Gasteiger partial charge in [0.25, 0.3) is 0 Å². The van der Waals surface area contributed by atoms with Gasteiger partial charge in [-0.05, 0) is 12.8 Å². The second kappa shape index (κ2) is 35.0. The minimum Gasteiger partial charge on any atom is -0.379 e. The van der Waals surface area contributed by atoms with Crippen LogP contribution in [0.25, 0.3) is 0 Å². The summed E-state index contributed by atoms with van der Waals surface area (Å²) in [6, 6.07) is -0.552. The number of rotatable bonds is 40. The molecule has 9 nitrogen and oxygen atoms in total. The fourth-order valence-corrected chi connectivity index (χ4v) is 7.29. The molecule has 0 fully saturated rings. The van der Waals surface area contributed by atoms with Crippen LogP contribution in [-0.2, 0) is 18.3 Å². The van der Waals surface area contributed by atoms with Crippen LogP contribution in [0, 0.1) is 0 Å². The van der Waals surface area contributed by atoms with E-state index in [2.05, 4.69) is 13.8 Å². The molecular weight excluding hydrogens is 661 g/mol. The lowest BCUT2D eigenvalue weighted by Crippen LogP contribution is -2.43. The topological polar surface area (TPSA) is 111 Å². The number of carbonyl (C=O) groups is 1. The van der Waals surface area contributed by atoms with Gasteiger partial charge in [0.2, 0.25) is 0 Å². The Morgan fingerprint density at radius 3 is 1.37 bits per heavy atom. The van der Waals surface area contributed by atoms with Crippen molar-refractivity contribution < 1.29 is 32.5 Å². The number of hydrogen-bond donors (Lipinski definition) is 2. The highest BCUT2D eigenvalue weighted by atomic mass is 31.2. The molecule has 0 aliphatic rings. The molecule has 0 bridgehead atoms. The van der Waals surface area contributed by atoms with Crippen LogP contribution < -0.4 is 5.73 Å². The van der Waals surface area contributed by atoms with Crippen LogP contribution in [0.3, 0.4) is 0 Å². The Hall–Kier alpha value is -0.700. The highest BCUT2D eigenvalue weighted by molar-refractivity contribution is 7.47. The molecule has 2 unspecified atom stereocenters. The summed E-state index contributed by atoms with van der Waals surface area (Å²) in [6.45, 7) is 6.41. The Morgan fingerprint density at radius 1 is 0.627 bits per heavy atom. The summed E-state index contributed by atoms with van der Waals surface area (Å²) in [5.41, 5.74) is 5.75. The molecule has 0 aromatic carbocycles. The molecule has 0 radical (unpaired) electrons. The van der Waals surface area contributed by atoms with Gasteiger partial charge in [-0.15, -0.1) is 0 Å². The normalized spacial score (nSPS) is 13.8. The van der Waals surface area contributed by atoms with E-state index in [1.807, 2.05) is 21.1 Å². The van der Waals surface area contributed by atoms with Gasteiger partial charge in [-0.25, -0.2) is 9.36 Å². The molecule has 3 N–H and O–H groups in total. The predicted molar refractivity (Wildman–Crippen MR) is 216 cm³/mol. The van der Waals surface area contributed by atoms with Crippen LogP contribution in [0.5, 0.6) is 0 Å². The molecule has 0 saturated carbocycles. The van der Waals surface area contributed by atoms with Gasteiger partial charge in [0.15, 0.2) is 0 Å². The second-order valence-electron chi connectivity index (χ2n) is 16.1. The van der Waals surface area contributed by atoms with Crippen LogP contribution in [0.4, 0.5) is 4.79 Å². The summed E-state index contributed by atoms with van der Waals surface area (Å²) < 4.78 is 30.2. The molecule has 0 aromatic heterocycles. The minimum absolute atomic E-state index is 0.0858. The molecule has 0 spiro atoms. The van der Waals surface area contributed by atoms with E-state index in [9.17, 15) is 14.3 Å². The number of quaternary nitrogens is 1. The Bertz CT molecular complexity index is 813. The summed E-state index contributed by atoms with van der Waals surface area (Å²) in [5, 5.41) is 0. The van der Waals surface area contributed by atoms with E-state index >= 15 is 0 Å². The summed E-state index contributed by atoms with van der Waals surface area (Å²) in [4.78, 5) is 24.4. The van der Waals surface area contributed by atoms with Crippen LogP contribution >= 0.6 is 7.82 Å². The number of likely N-dealkylation sites (N-methyl/N-ethyl adjacent to an activating group) is 1. The van der Waals surface area contributed by atoms with E-state index in [-0.39, 0.29) is 19.8 Å². The third-order valence-electron chi connectivity index (χ3n) is 9.76. The first kappa shape index (κ1) is 50.3. The van der Waals surface area contributed by atoms with Crippen LogP contribution in [0.15, 0.2) is 0 Å². The zero-order chi connectivity index (χ0) is 37.9. The molecule has 306 valence electrons. The van der Waals surface area contributed by atoms with Crippen LogP contribution in [0.2, 0.25) is 0 Å². The van der Waals surface area contributed by atoms with Gasteiger partial charge in [-0.3, -0.25) is 9.05 Å². The lowest BCUT2D eigenvalue weighted by Gasteiger charge is -2.28. The number of primary amides is 1. The van der Waals surface area contributed by atoms with Crippen LogP contribution in [-0.4, -0.2) is 87.0 Å². The minimum atomic E-state index is -4.34. The molecule has 2 atom stereocenters. The number of nitrogens with two attached hydrogens (primary N) is 1. The molecule has 0 heterocycles. The number of nitrogens with zero attached hydrogens (tertiary/aromatic N) is 2. The summed E-state index contributed by atoms with van der Waals surface area (Å²) in [5.74, 6) is 0. The fourth-order valence-electron chi connectivity index (χ4n) is 6.41. The van der Waals surface area contributed by atoms with Gasteiger partial charge in [-0.1, -0.05) is 181 Å². The largest absolute Gasteiger partial charge is 0.472 e. The highest BCUT2D eigenvalue weighted by Gasteiger charge is 2.30. The maximum absolute atomic E-state index is 12.8. The second-order valence-corrected chi connectivity index (χ2v) is 17.5. The Kier molecular flexibility index (Phi) is 34.5. The third-order valence-corrected chi connectivity index (χ3v) is 10.8. The van der Waals surface area contributed by atoms with Crippen molar-refractivity contribution >= 4 is 13.9 Å². The number of urea groups is 1. The standard InChI is InChI=1S/C41H86N3O6P/c1-6-8-10-12-14-16-18-20-22-24-26-28-30-32-34-43(41(42)45)38-40(50-51(46,47)49-37-35-44(3,4)5)39-48-36-33-31-29-27-25-23-21-19-17-15-13-11-9-7-2/h40H,6-39H2,1-5H3,(H2-,42,45,46,47)/p+1. The molecule has 0 aromatic rings. The molecular formula is C41H87N3O6P+. The first-order chi connectivity index (χ1) is 24.5. The number of carbonyl (C=O) groups excluding carboxylic acids is 1. The summed E-state index contributed by atoms with van der Waals surface area (Å²) in [6.07, 6.45) is 35.0. The van der Waals surface area contributed by atoms with Crippen molar-refractivity contribution in [2.45, 2.75) is 200 Å². The molecule has 10 heteroatoms. The maximum Gasteiger partial charge on any atom is 0.472 e. The van der Waals surface area contributed by atoms with Crippen LogP contribution in [0.1, 0.15) is 194 Å². The zero-order valence-corrected chi connectivity index (χ0v) is 35.4. The van der Waals surface area contributed by atoms with Crippen molar-refractivity contribution in [3.05, 3.63) is 0 Å². The molecule has 0 rings (SSSR count). The lowest BCUT2D eigenvalue weighted by molar-refractivity contribution is -0.870. The fraction of sp³-hybridized carbons (Fsp3) is 0.976. The van der Waals surface area contributed by atoms with Gasteiger partial charge in [-0.2, -0.15) is 0 Å². The SMILES string of the molecule is CCCCCCCCCCCCCCCCOCC(CN(CCCCCCCCCCCCCCCC)C(N)=O)OP(=O)(O)OCC[N+](C)(C)C. The predicted octanol–water partition coefficient (Wildman–Crippen LogP) is 11.6. The maximum atomic E-state index is 12.8. The Balaban J connectivity index is 4.44. The van der Waals surface area contributed by atoms with E-state index in [1.54, 1.807) is 0 Å². The number of hydrogen-bond acceptors (Lipinski definition) is 5. The molecule has 51 heavy (non-hydrogen) atoms. The smallest absolute Gasteiger partial charge is 0.379 e. The third kappa shape index (κ3) is 37.4. The van der Waals surface area contributed by atoms with Gasteiger partial charge in [0, 0.05) is 13.2 Å². The summed E-state index contributed by atoms with van der Waals surface area (Å²) in [7, 11) is 1.62. The number of amides is 2. The average molecular weight is 749 g/mol. The number of phosphoric acid groups is 1. The van der Waals surface area contributed by atoms with Gasteiger partial charge < -0.3 is 24.7 Å². The number of ether oxygens (including phenoxy) is 1. The highest BCUT2D eigenvalue weighted by Crippen LogP contribution is 2.44. The Morgan fingerprint density at radius 2 is 1.00 bits per heavy atom. The van der Waals surface area contributed by atoms with Crippen molar-refractivity contribution in [1.29, 1.82) is 0 Å². The van der Waals surface area contributed by atoms with Gasteiger partial charge in [0.1, 0.15) is 19.3 Å². The monoisotopic (exact) mass is 749 g/mol. The van der Waals surface area contributed by atoms with E-state index in [0.29, 0.717) is 24.2 Å². The van der Waals surface area contributed by atoms with Gasteiger partial charge >= 0.3 is 13.9 Å². The van der Waals surface area contributed by atoms with Crippen molar-refractivity contribution in [3.63, 3.8) is 0 Å². The summed E-state index contributed by atoms with van der Waals surface area (Å²) >= 11 is 0. The van der Waals surface area contributed by atoms with Crippen molar-refractivity contribution in [1.82, 2.24) is 4.90 Å². The van der Waals surface area contributed by atoms with E-state index in [0.717, 1.165) is 32.1 Å². The molecule has 0 saturated heterocycles. The first-order valence-corrected chi connectivity index (χ1v) is 23.1. The lowest BCUT2D eigenvalue weighted by atomic mass is 10.0. The molecule has 2 amide bonds. The first-order valence-electron chi connectivity index (χ1n) is 21.6. The van der Waals surface area contributed by atoms with Gasteiger partial charge in [0.05, 0.1) is 34.3 Å². The van der Waals surface area contributed by atoms with Crippen molar-refractivity contribution in [2.24, 2.45) is 5.73 Å². The zero-order valence-electron chi connectivity index (χ0n) is 34.5.